The fourth-order valence-corrected chi connectivity index (χ4v) is 3.27. The first kappa shape index (κ1) is 17.7. The molecule has 140 valence electrons. The number of rotatable bonds is 3. The average molecular weight is 370 g/mol. The monoisotopic (exact) mass is 370 g/mol. The number of aliphatic carboxylic acids is 1. The van der Waals surface area contributed by atoms with E-state index < -0.39 is 36.7 Å². The summed E-state index contributed by atoms with van der Waals surface area (Å²) in [6, 6.07) is 17.2. The number of carboxylic acid groups (broad SMARTS) is 1. The van der Waals surface area contributed by atoms with Gasteiger partial charge in [0.25, 0.3) is 0 Å². The van der Waals surface area contributed by atoms with Crippen LogP contribution >= 0.6 is 0 Å². The number of fused-ring (bicyclic) bond motifs is 2. The predicted octanol–water partition coefficient (Wildman–Crippen LogP) is 1.26. The summed E-state index contributed by atoms with van der Waals surface area (Å²) in [7, 11) is 0. The minimum absolute atomic E-state index is 0.342. The van der Waals surface area contributed by atoms with Crippen molar-refractivity contribution in [2.75, 3.05) is 0 Å². The van der Waals surface area contributed by atoms with Gasteiger partial charge in [0.05, 0.1) is 0 Å². The first-order valence-corrected chi connectivity index (χ1v) is 8.46. The van der Waals surface area contributed by atoms with E-state index in [1.54, 1.807) is 12.1 Å². The Morgan fingerprint density at radius 3 is 2.11 bits per heavy atom. The quantitative estimate of drug-likeness (QED) is 0.513. The van der Waals surface area contributed by atoms with Crippen molar-refractivity contribution < 1.29 is 34.7 Å². The van der Waals surface area contributed by atoms with E-state index in [2.05, 4.69) is 0 Å². The number of aliphatic hydroxyl groups excluding tert-OH is 3. The maximum atomic E-state index is 11.2. The topological polar surface area (TPSA) is 116 Å². The molecule has 1 aliphatic rings. The van der Waals surface area contributed by atoms with Gasteiger partial charge in [0.15, 0.2) is 6.10 Å². The number of aliphatic hydroxyl groups is 3. The summed E-state index contributed by atoms with van der Waals surface area (Å²) in [5.74, 6) is -1.11. The van der Waals surface area contributed by atoms with Gasteiger partial charge in [0.2, 0.25) is 6.29 Å². The summed E-state index contributed by atoms with van der Waals surface area (Å²) in [6.07, 6.45) is -8.17. The third kappa shape index (κ3) is 3.22. The Morgan fingerprint density at radius 2 is 1.44 bits per heavy atom. The summed E-state index contributed by atoms with van der Waals surface area (Å²) >= 11 is 0. The van der Waals surface area contributed by atoms with Gasteiger partial charge in [-0.05, 0) is 45.8 Å². The van der Waals surface area contributed by atoms with Gasteiger partial charge in [-0.25, -0.2) is 4.79 Å². The van der Waals surface area contributed by atoms with Gasteiger partial charge in [-0.15, -0.1) is 0 Å². The van der Waals surface area contributed by atoms with E-state index in [1.165, 1.54) is 0 Å². The third-order valence-electron chi connectivity index (χ3n) is 4.74. The molecule has 7 nitrogen and oxygen atoms in total. The van der Waals surface area contributed by atoms with E-state index in [4.69, 9.17) is 14.6 Å². The van der Waals surface area contributed by atoms with E-state index in [0.29, 0.717) is 5.75 Å². The number of ether oxygens (including phenoxy) is 2. The van der Waals surface area contributed by atoms with Crippen molar-refractivity contribution in [2.24, 2.45) is 0 Å². The lowest BCUT2D eigenvalue weighted by atomic mass is 9.99. The molecule has 0 aliphatic carbocycles. The molecule has 0 saturated carbocycles. The lowest BCUT2D eigenvalue weighted by Gasteiger charge is -2.38. The molecule has 1 heterocycles. The van der Waals surface area contributed by atoms with Crippen LogP contribution in [0.5, 0.6) is 5.75 Å². The van der Waals surface area contributed by atoms with Crippen LogP contribution in [0.1, 0.15) is 0 Å². The molecule has 4 N–H and O–H groups in total. The van der Waals surface area contributed by atoms with Crippen LogP contribution in [0.25, 0.3) is 21.5 Å². The number of carboxylic acids is 1. The van der Waals surface area contributed by atoms with Crippen LogP contribution in [-0.2, 0) is 9.53 Å². The van der Waals surface area contributed by atoms with Gasteiger partial charge < -0.3 is 29.9 Å². The summed E-state index contributed by atoms with van der Waals surface area (Å²) < 4.78 is 10.7. The van der Waals surface area contributed by atoms with Crippen LogP contribution in [0, 0.1) is 0 Å². The van der Waals surface area contributed by atoms with Crippen molar-refractivity contribution in [3.05, 3.63) is 54.6 Å². The molecule has 0 spiro atoms. The van der Waals surface area contributed by atoms with E-state index in [9.17, 15) is 20.1 Å². The van der Waals surface area contributed by atoms with Gasteiger partial charge in [-0.2, -0.15) is 0 Å². The highest BCUT2D eigenvalue weighted by molar-refractivity contribution is 5.98. The predicted molar refractivity (Wildman–Crippen MR) is 96.4 cm³/mol. The van der Waals surface area contributed by atoms with E-state index in [1.807, 2.05) is 42.5 Å². The Kier molecular flexibility index (Phi) is 4.45. The molecule has 4 rings (SSSR count). The Hall–Kier alpha value is -2.71. The highest BCUT2D eigenvalue weighted by atomic mass is 16.7. The molecule has 1 unspecified atom stereocenters. The summed E-state index contributed by atoms with van der Waals surface area (Å²) in [5.41, 5.74) is 0. The van der Waals surface area contributed by atoms with Crippen LogP contribution in [0.3, 0.4) is 0 Å². The van der Waals surface area contributed by atoms with Gasteiger partial charge >= 0.3 is 5.97 Å². The Morgan fingerprint density at radius 1 is 0.815 bits per heavy atom. The van der Waals surface area contributed by atoms with Gasteiger partial charge in [0, 0.05) is 0 Å². The molecule has 0 radical (unpaired) electrons. The zero-order valence-electron chi connectivity index (χ0n) is 14.1. The largest absolute Gasteiger partial charge is 0.479 e. The molecule has 27 heavy (non-hydrogen) atoms. The Balaban J connectivity index is 1.64. The number of hydrogen-bond donors (Lipinski definition) is 4. The molecular weight excluding hydrogens is 352 g/mol. The summed E-state index contributed by atoms with van der Waals surface area (Å²) in [4.78, 5) is 11.2. The van der Waals surface area contributed by atoms with Crippen LogP contribution in [0.2, 0.25) is 0 Å². The van der Waals surface area contributed by atoms with Crippen molar-refractivity contribution in [1.29, 1.82) is 0 Å². The van der Waals surface area contributed by atoms with Crippen LogP contribution in [-0.4, -0.2) is 57.1 Å². The lowest BCUT2D eigenvalue weighted by Crippen LogP contribution is -2.61. The SMILES string of the molecule is O=C(O)[C@H]1OC(Oc2ccc3cc4ccccc4cc3c2)[C@H](O)[C@@H](O)[C@@H]1O. The molecule has 1 aliphatic heterocycles. The number of hydrogen-bond acceptors (Lipinski definition) is 6. The van der Waals surface area contributed by atoms with Crippen LogP contribution < -0.4 is 4.74 Å². The fraction of sp³-hybridized carbons (Fsp3) is 0.250. The molecule has 0 bridgehead atoms. The second kappa shape index (κ2) is 6.79. The number of benzene rings is 3. The first-order chi connectivity index (χ1) is 12.9. The summed E-state index contributed by atoms with van der Waals surface area (Å²) in [5, 5.41) is 42.8. The van der Waals surface area contributed by atoms with Crippen LogP contribution in [0.15, 0.2) is 54.6 Å². The summed E-state index contributed by atoms with van der Waals surface area (Å²) in [6.45, 7) is 0. The fourth-order valence-electron chi connectivity index (χ4n) is 3.27. The second-order valence-electron chi connectivity index (χ2n) is 6.56. The van der Waals surface area contributed by atoms with Crippen molar-refractivity contribution in [2.45, 2.75) is 30.7 Å². The van der Waals surface area contributed by atoms with E-state index >= 15 is 0 Å². The molecular formula is C20H18O7. The zero-order chi connectivity index (χ0) is 19.1. The maximum Gasteiger partial charge on any atom is 0.335 e. The smallest absolute Gasteiger partial charge is 0.335 e. The second-order valence-corrected chi connectivity index (χ2v) is 6.56. The zero-order valence-corrected chi connectivity index (χ0v) is 14.1. The molecule has 7 heteroatoms. The Labute approximate surface area is 154 Å². The first-order valence-electron chi connectivity index (χ1n) is 8.46. The molecule has 0 aromatic heterocycles. The molecule has 0 amide bonds. The van der Waals surface area contributed by atoms with Crippen LogP contribution in [0.4, 0.5) is 0 Å². The normalized spacial score (nSPS) is 28.3. The van der Waals surface area contributed by atoms with Crippen molar-refractivity contribution in [1.82, 2.24) is 0 Å². The Bertz CT molecular complexity index is 1000. The van der Waals surface area contributed by atoms with E-state index in [0.717, 1.165) is 21.5 Å². The van der Waals surface area contributed by atoms with Crippen molar-refractivity contribution in [3.8, 4) is 5.75 Å². The van der Waals surface area contributed by atoms with Gasteiger partial charge in [0.1, 0.15) is 24.1 Å². The standard InChI is InChI=1S/C20H18O7/c21-15-16(22)18(19(24)25)27-20(17(15)23)26-14-6-5-12-7-10-3-1-2-4-11(10)8-13(12)9-14/h1-9,15-18,20-23H,(H,24,25)/t15-,16-,17+,18-,20?/m0/s1. The van der Waals surface area contributed by atoms with Gasteiger partial charge in [-0.1, -0.05) is 30.3 Å². The molecule has 1 saturated heterocycles. The highest BCUT2D eigenvalue weighted by Crippen LogP contribution is 2.29. The van der Waals surface area contributed by atoms with Crippen molar-refractivity contribution in [3.63, 3.8) is 0 Å². The molecule has 3 aromatic carbocycles. The van der Waals surface area contributed by atoms with E-state index in [-0.39, 0.29) is 0 Å². The molecule has 5 atom stereocenters. The van der Waals surface area contributed by atoms with Gasteiger partial charge in [-0.3, -0.25) is 0 Å². The third-order valence-corrected chi connectivity index (χ3v) is 4.74. The minimum Gasteiger partial charge on any atom is -0.479 e. The minimum atomic E-state index is -1.75. The molecule has 1 fully saturated rings. The average Bonchev–Trinajstić information content (AvgIpc) is 2.66. The molecule has 3 aromatic rings. The maximum absolute atomic E-state index is 11.2. The lowest BCUT2D eigenvalue weighted by molar-refractivity contribution is -0.271. The van der Waals surface area contributed by atoms with Crippen molar-refractivity contribution >= 4 is 27.5 Å². The highest BCUT2D eigenvalue weighted by Gasteiger charge is 2.48. The number of carbonyl (C=O) groups is 1.